The van der Waals surface area contributed by atoms with Gasteiger partial charge in [-0.3, -0.25) is 0 Å². The SMILES string of the molecule is CC1=C(Br)C2=C(C)c3c(Br)c(C)c(C)n3[B-](F)(F)[N+]2=C1C. The Hall–Kier alpha value is -0.685. The highest BCUT2D eigenvalue weighted by Gasteiger charge is 2.56. The van der Waals surface area contributed by atoms with Crippen molar-refractivity contribution in [1.29, 1.82) is 0 Å². The molecule has 0 saturated carbocycles. The normalized spacial score (nSPS) is 20.4. The minimum Gasteiger partial charge on any atom is -0.393 e. The smallest absolute Gasteiger partial charge is 0.393 e. The van der Waals surface area contributed by atoms with E-state index in [1.807, 2.05) is 20.8 Å². The molecule has 7 heteroatoms. The van der Waals surface area contributed by atoms with Crippen LogP contribution in [0.15, 0.2) is 20.2 Å². The molecule has 0 unspecified atom stereocenters. The fourth-order valence-electron chi connectivity index (χ4n) is 3.28. The van der Waals surface area contributed by atoms with Gasteiger partial charge < -0.3 is 17.6 Å². The predicted octanol–water partition coefficient (Wildman–Crippen LogP) is 4.99. The lowest BCUT2D eigenvalue weighted by Crippen LogP contribution is -2.51. The number of nitrogens with zero attached hydrogens (tertiary/aromatic N) is 2. The molecule has 2 nitrogen and oxygen atoms in total. The van der Waals surface area contributed by atoms with Crippen LogP contribution in [0.3, 0.4) is 0 Å². The van der Waals surface area contributed by atoms with Crippen molar-refractivity contribution in [3.05, 3.63) is 37.2 Å². The first-order valence-electron chi connectivity index (χ1n) is 6.73. The van der Waals surface area contributed by atoms with Crippen LogP contribution in [0, 0.1) is 13.8 Å². The summed E-state index contributed by atoms with van der Waals surface area (Å²) in [5.41, 5.74) is 4.96. The predicted molar refractivity (Wildman–Crippen MR) is 90.1 cm³/mol. The van der Waals surface area contributed by atoms with E-state index in [0.717, 1.165) is 25.7 Å². The van der Waals surface area contributed by atoms with E-state index in [2.05, 4.69) is 31.9 Å². The molecule has 0 bridgehead atoms. The zero-order valence-electron chi connectivity index (χ0n) is 12.5. The van der Waals surface area contributed by atoms with Gasteiger partial charge in [0.15, 0.2) is 5.70 Å². The Morgan fingerprint density at radius 3 is 2.14 bits per heavy atom. The monoisotopic (exact) mass is 418 g/mol. The molecule has 1 aromatic rings. The van der Waals surface area contributed by atoms with Gasteiger partial charge in [-0.05, 0) is 70.8 Å². The van der Waals surface area contributed by atoms with Crippen LogP contribution in [0.5, 0.6) is 0 Å². The van der Waals surface area contributed by atoms with E-state index >= 15 is 8.63 Å². The van der Waals surface area contributed by atoms with Crippen molar-refractivity contribution < 1.29 is 13.1 Å². The average molecular weight is 420 g/mol. The van der Waals surface area contributed by atoms with Crippen LogP contribution in [0.1, 0.15) is 37.7 Å². The van der Waals surface area contributed by atoms with Gasteiger partial charge in [0.2, 0.25) is 0 Å². The first-order chi connectivity index (χ1) is 9.62. The van der Waals surface area contributed by atoms with Crippen molar-refractivity contribution in [3.63, 3.8) is 0 Å². The highest BCUT2D eigenvalue weighted by atomic mass is 79.9. The zero-order chi connectivity index (χ0) is 15.9. The summed E-state index contributed by atoms with van der Waals surface area (Å²) in [4.78, 5) is 0. The number of allylic oxidation sites excluding steroid dienone is 3. The number of rotatable bonds is 0. The van der Waals surface area contributed by atoms with Gasteiger partial charge in [-0.15, -0.1) is 0 Å². The zero-order valence-corrected chi connectivity index (χ0v) is 15.7. The van der Waals surface area contributed by atoms with Crippen LogP contribution in [-0.4, -0.2) is 21.6 Å². The summed E-state index contributed by atoms with van der Waals surface area (Å²) in [7, 11) is 0. The molecule has 0 radical (unpaired) electrons. The molecule has 2 aliphatic rings. The Morgan fingerprint density at radius 2 is 1.57 bits per heavy atom. The lowest BCUT2D eigenvalue weighted by Gasteiger charge is -2.32. The van der Waals surface area contributed by atoms with Gasteiger partial charge in [0, 0.05) is 28.2 Å². The quantitative estimate of drug-likeness (QED) is 0.523. The summed E-state index contributed by atoms with van der Waals surface area (Å²) in [5, 5.41) is 0. The molecule has 1 aromatic heterocycles. The maximum Gasteiger partial charge on any atom is 0.737 e. The van der Waals surface area contributed by atoms with Gasteiger partial charge >= 0.3 is 6.97 Å². The van der Waals surface area contributed by atoms with Crippen molar-refractivity contribution in [2.45, 2.75) is 34.6 Å². The standard InChI is InChI=1S/C14H15BBr2F2N2/c1-6-9(4)20-13(11(6)16)8(3)14-12(17)7(2)10(5)21(14)15(20,18)19/h1-5H3. The van der Waals surface area contributed by atoms with Gasteiger partial charge in [-0.2, -0.15) is 0 Å². The number of hydrogen-bond acceptors (Lipinski definition) is 0. The van der Waals surface area contributed by atoms with Gasteiger partial charge in [-0.25, -0.2) is 0 Å². The Balaban J connectivity index is 2.52. The number of fused-ring (bicyclic) bond motifs is 2. The lowest BCUT2D eigenvalue weighted by molar-refractivity contribution is -0.362. The maximum absolute atomic E-state index is 15.2. The highest BCUT2D eigenvalue weighted by Crippen LogP contribution is 2.46. The first kappa shape index (κ1) is 15.2. The molecule has 2 aliphatic heterocycles. The van der Waals surface area contributed by atoms with E-state index in [4.69, 9.17) is 0 Å². The molecule has 0 aromatic carbocycles. The summed E-state index contributed by atoms with van der Waals surface area (Å²) in [6.45, 7) is 5.24. The van der Waals surface area contributed by atoms with E-state index in [-0.39, 0.29) is 0 Å². The molecule has 21 heavy (non-hydrogen) atoms. The summed E-state index contributed by atoms with van der Waals surface area (Å²) in [5.74, 6) is 0. The molecule has 0 aliphatic carbocycles. The van der Waals surface area contributed by atoms with Crippen molar-refractivity contribution in [2.75, 3.05) is 0 Å². The molecule has 0 amide bonds. The van der Waals surface area contributed by atoms with Gasteiger partial charge in [0.25, 0.3) is 0 Å². The van der Waals surface area contributed by atoms with Crippen LogP contribution < -0.4 is 0 Å². The van der Waals surface area contributed by atoms with Crippen LogP contribution >= 0.6 is 31.9 Å². The second-order valence-electron chi connectivity index (χ2n) is 5.70. The molecule has 0 spiro atoms. The minimum atomic E-state index is -3.89. The first-order valence-corrected chi connectivity index (χ1v) is 8.31. The van der Waals surface area contributed by atoms with E-state index in [1.165, 1.54) is 8.96 Å². The van der Waals surface area contributed by atoms with Crippen LogP contribution in [0.25, 0.3) is 5.57 Å². The van der Waals surface area contributed by atoms with E-state index in [1.54, 1.807) is 13.8 Å². The van der Waals surface area contributed by atoms with Crippen molar-refractivity contribution in [1.82, 2.24) is 4.48 Å². The van der Waals surface area contributed by atoms with E-state index < -0.39 is 6.97 Å². The molecular formula is C14H15BBr2F2N2. The molecule has 0 fully saturated rings. The van der Waals surface area contributed by atoms with Crippen LogP contribution in [-0.2, 0) is 0 Å². The Morgan fingerprint density at radius 1 is 1.00 bits per heavy atom. The average Bonchev–Trinajstić information content (AvgIpc) is 2.78. The summed E-state index contributed by atoms with van der Waals surface area (Å²) in [6.07, 6.45) is 0. The molecule has 112 valence electrons. The number of hydrogen-bond donors (Lipinski definition) is 0. The summed E-state index contributed by atoms with van der Waals surface area (Å²) in [6, 6.07) is 0. The second kappa shape index (κ2) is 4.41. The molecule has 0 atom stereocenters. The third-order valence-corrected chi connectivity index (χ3v) is 6.64. The number of halogens is 4. The Bertz CT molecular complexity index is 800. The van der Waals surface area contributed by atoms with Crippen LogP contribution in [0.2, 0.25) is 0 Å². The van der Waals surface area contributed by atoms with Gasteiger partial charge in [0.05, 0.1) is 4.48 Å². The third-order valence-electron chi connectivity index (χ3n) is 4.70. The fraction of sp³-hybridized carbons (Fsp3) is 0.357. The molecule has 3 rings (SSSR count). The molecular weight excluding hydrogens is 405 g/mol. The van der Waals surface area contributed by atoms with Crippen molar-refractivity contribution >= 4 is 50.1 Å². The van der Waals surface area contributed by atoms with Crippen LogP contribution in [0.4, 0.5) is 8.63 Å². The summed E-state index contributed by atoms with van der Waals surface area (Å²) >= 11 is 6.98. The second-order valence-corrected chi connectivity index (χ2v) is 7.29. The largest absolute Gasteiger partial charge is 0.737 e. The van der Waals surface area contributed by atoms with Crippen molar-refractivity contribution in [3.8, 4) is 0 Å². The van der Waals surface area contributed by atoms with E-state index in [9.17, 15) is 0 Å². The van der Waals surface area contributed by atoms with Gasteiger partial charge in [0.1, 0.15) is 5.71 Å². The van der Waals surface area contributed by atoms with Gasteiger partial charge in [-0.1, -0.05) is 0 Å². The minimum absolute atomic E-state index is 0.584. The maximum atomic E-state index is 15.2. The summed E-state index contributed by atoms with van der Waals surface area (Å²) < 4.78 is 34.3. The Kier molecular flexibility index (Phi) is 3.20. The molecule has 3 heterocycles. The van der Waals surface area contributed by atoms with E-state index in [0.29, 0.717) is 22.8 Å². The third kappa shape index (κ3) is 1.65. The lowest BCUT2D eigenvalue weighted by atomic mass is 9.88. The molecule has 0 saturated heterocycles. The fourth-order valence-corrected chi connectivity index (χ4v) is 4.83. The topological polar surface area (TPSA) is 7.94 Å². The number of aromatic nitrogens is 1. The molecule has 0 N–H and O–H groups in total. The van der Waals surface area contributed by atoms with Crippen molar-refractivity contribution in [2.24, 2.45) is 0 Å². The highest BCUT2D eigenvalue weighted by molar-refractivity contribution is 9.12. The Labute approximate surface area is 139 Å².